The average Bonchev–Trinajstić information content (AvgIpc) is 3.41. The van der Waals surface area contributed by atoms with Crippen molar-refractivity contribution in [3.63, 3.8) is 0 Å². The number of H-pyrrole nitrogens is 1. The summed E-state index contributed by atoms with van der Waals surface area (Å²) in [5.41, 5.74) is 9.54. The van der Waals surface area contributed by atoms with Crippen molar-refractivity contribution in [1.29, 1.82) is 0 Å². The summed E-state index contributed by atoms with van der Waals surface area (Å²) >= 11 is 0. The number of benzene rings is 1. The molecular weight excluding hydrogens is 428 g/mol. The van der Waals surface area contributed by atoms with Gasteiger partial charge in [0.1, 0.15) is 18.9 Å². The number of fused-ring (bicyclic) bond motifs is 1. The Hall–Kier alpha value is -3.89. The maximum atomic E-state index is 12.4. The Balaban J connectivity index is 1.53. The van der Waals surface area contributed by atoms with Gasteiger partial charge >= 0.3 is 5.97 Å². The van der Waals surface area contributed by atoms with Crippen LogP contribution in [0.5, 0.6) is 0 Å². The number of ether oxygens (including phenoxy) is 2. The number of nitrogens with one attached hydrogen (secondary N) is 2. The summed E-state index contributed by atoms with van der Waals surface area (Å²) in [7, 11) is 0. The molecule has 3 atom stereocenters. The second-order valence-electron chi connectivity index (χ2n) is 8.11. The molecule has 1 fully saturated rings. The lowest BCUT2D eigenvalue weighted by Gasteiger charge is -2.16. The van der Waals surface area contributed by atoms with Crippen LogP contribution in [0.4, 0.5) is 5.95 Å². The SMILES string of the molecule is CC(C)CNc1nc2c(ncn2[C@H]2C[C@@H](N=[N+]=[N-])[C@@H](COC(=O)c3ccccc3)O2)c(=O)[nH]1. The fourth-order valence-corrected chi connectivity index (χ4v) is 3.56. The number of aromatic amines is 1. The van der Waals surface area contributed by atoms with E-state index in [0.29, 0.717) is 36.0 Å². The van der Waals surface area contributed by atoms with Crippen LogP contribution in [0.1, 0.15) is 36.9 Å². The molecule has 33 heavy (non-hydrogen) atoms. The first-order valence-corrected chi connectivity index (χ1v) is 10.6. The number of aromatic nitrogens is 4. The van der Waals surface area contributed by atoms with E-state index < -0.39 is 24.3 Å². The van der Waals surface area contributed by atoms with E-state index in [1.165, 1.54) is 6.33 Å². The summed E-state index contributed by atoms with van der Waals surface area (Å²) in [5.74, 6) is 0.198. The fraction of sp³-hybridized carbons (Fsp3) is 0.429. The average molecular weight is 452 g/mol. The van der Waals surface area contributed by atoms with Crippen molar-refractivity contribution in [2.45, 2.75) is 38.6 Å². The van der Waals surface area contributed by atoms with Gasteiger partial charge in [0.05, 0.1) is 17.9 Å². The Labute approximate surface area is 188 Å². The fourth-order valence-electron chi connectivity index (χ4n) is 3.56. The molecule has 12 heteroatoms. The lowest BCUT2D eigenvalue weighted by atomic mass is 10.1. The van der Waals surface area contributed by atoms with Crippen LogP contribution in [0, 0.1) is 5.92 Å². The molecule has 3 aromatic rings. The number of azide groups is 1. The molecule has 0 saturated carbocycles. The van der Waals surface area contributed by atoms with Gasteiger partial charge in [0.15, 0.2) is 11.2 Å². The number of hydrogen-bond acceptors (Lipinski definition) is 8. The number of carbonyl (C=O) groups is 1. The van der Waals surface area contributed by atoms with Crippen molar-refractivity contribution in [3.8, 4) is 0 Å². The molecule has 1 aromatic carbocycles. The minimum Gasteiger partial charge on any atom is -0.459 e. The highest BCUT2D eigenvalue weighted by molar-refractivity contribution is 5.89. The van der Waals surface area contributed by atoms with Crippen LogP contribution in [0.2, 0.25) is 0 Å². The number of hydrogen-bond donors (Lipinski definition) is 2. The van der Waals surface area contributed by atoms with Crippen molar-refractivity contribution in [2.24, 2.45) is 11.0 Å². The van der Waals surface area contributed by atoms with Gasteiger partial charge in [0.2, 0.25) is 5.95 Å². The van der Waals surface area contributed by atoms with Crippen LogP contribution in [-0.4, -0.2) is 50.8 Å². The van der Waals surface area contributed by atoms with Gasteiger partial charge in [-0.2, -0.15) is 4.98 Å². The summed E-state index contributed by atoms with van der Waals surface area (Å²) in [6, 6.07) is 8.02. The molecule has 0 bridgehead atoms. The molecule has 2 aromatic heterocycles. The zero-order valence-electron chi connectivity index (χ0n) is 18.2. The van der Waals surface area contributed by atoms with Crippen molar-refractivity contribution >= 4 is 23.1 Å². The summed E-state index contributed by atoms with van der Waals surface area (Å²) in [5, 5.41) is 6.91. The lowest BCUT2D eigenvalue weighted by molar-refractivity contribution is -0.0332. The second-order valence-corrected chi connectivity index (χ2v) is 8.11. The zero-order valence-corrected chi connectivity index (χ0v) is 18.2. The summed E-state index contributed by atoms with van der Waals surface area (Å²) in [6.07, 6.45) is 0.524. The maximum Gasteiger partial charge on any atom is 0.338 e. The molecule has 0 radical (unpaired) electrons. The number of anilines is 1. The molecule has 0 amide bonds. The standard InChI is InChI=1S/C21H24N8O4/c1-12(2)9-23-21-25-18-17(19(30)26-21)24-11-29(18)16-8-14(27-28-22)15(33-16)10-32-20(31)13-6-4-3-5-7-13/h3-7,11-12,14-16H,8-10H2,1-2H3,(H2,23,25,26,30)/t14-,15-,16-/m1/s1. The Morgan fingerprint density at radius 2 is 2.21 bits per heavy atom. The van der Waals surface area contributed by atoms with E-state index >= 15 is 0 Å². The Kier molecular flexibility index (Phi) is 6.57. The van der Waals surface area contributed by atoms with Gasteiger partial charge in [-0.3, -0.25) is 14.3 Å². The summed E-state index contributed by atoms with van der Waals surface area (Å²) in [4.78, 5) is 39.0. The Morgan fingerprint density at radius 3 is 2.94 bits per heavy atom. The highest BCUT2D eigenvalue weighted by Gasteiger charge is 2.37. The van der Waals surface area contributed by atoms with Gasteiger partial charge in [-0.25, -0.2) is 9.78 Å². The smallest absolute Gasteiger partial charge is 0.338 e. The molecule has 1 saturated heterocycles. The minimum atomic E-state index is -0.656. The molecule has 4 rings (SSSR count). The first-order chi connectivity index (χ1) is 16.0. The molecule has 0 spiro atoms. The van der Waals surface area contributed by atoms with Crippen molar-refractivity contribution in [1.82, 2.24) is 19.5 Å². The third-order valence-corrected chi connectivity index (χ3v) is 5.21. The number of esters is 1. The van der Waals surface area contributed by atoms with Crippen LogP contribution in [-0.2, 0) is 9.47 Å². The van der Waals surface area contributed by atoms with Crippen LogP contribution in [0.15, 0.2) is 46.6 Å². The van der Waals surface area contributed by atoms with Gasteiger partial charge in [-0.05, 0) is 23.6 Å². The topological polar surface area (TPSA) is 160 Å². The van der Waals surface area contributed by atoms with Crippen molar-refractivity contribution in [3.05, 3.63) is 63.0 Å². The molecular formula is C21H24N8O4. The van der Waals surface area contributed by atoms with Gasteiger partial charge in [-0.15, -0.1) is 0 Å². The quantitative estimate of drug-likeness (QED) is 0.230. The van der Waals surface area contributed by atoms with Crippen molar-refractivity contribution < 1.29 is 14.3 Å². The molecule has 3 heterocycles. The first-order valence-electron chi connectivity index (χ1n) is 10.6. The van der Waals surface area contributed by atoms with Gasteiger partial charge < -0.3 is 14.8 Å². The van der Waals surface area contributed by atoms with E-state index in [9.17, 15) is 9.59 Å². The normalized spacial score (nSPS) is 20.0. The van der Waals surface area contributed by atoms with E-state index in [4.69, 9.17) is 15.0 Å². The van der Waals surface area contributed by atoms with E-state index in [0.717, 1.165) is 0 Å². The minimum absolute atomic E-state index is 0.0875. The highest BCUT2D eigenvalue weighted by Crippen LogP contribution is 2.33. The maximum absolute atomic E-state index is 12.4. The second kappa shape index (κ2) is 9.72. The van der Waals surface area contributed by atoms with Crippen LogP contribution >= 0.6 is 0 Å². The zero-order chi connectivity index (χ0) is 23.4. The third kappa shape index (κ3) is 4.97. The molecule has 12 nitrogen and oxygen atoms in total. The molecule has 1 aliphatic rings. The number of rotatable bonds is 8. The van der Waals surface area contributed by atoms with Gasteiger partial charge in [-0.1, -0.05) is 37.2 Å². The number of carbonyl (C=O) groups excluding carboxylic acids is 1. The highest BCUT2D eigenvalue weighted by atomic mass is 16.6. The number of imidazole rings is 1. The van der Waals surface area contributed by atoms with E-state index in [-0.39, 0.29) is 17.7 Å². The van der Waals surface area contributed by atoms with Gasteiger partial charge in [0.25, 0.3) is 5.56 Å². The predicted octanol–water partition coefficient (Wildman–Crippen LogP) is 3.01. The number of nitrogens with zero attached hydrogens (tertiary/aromatic N) is 6. The molecule has 0 aliphatic carbocycles. The Morgan fingerprint density at radius 1 is 1.42 bits per heavy atom. The van der Waals surface area contributed by atoms with Crippen LogP contribution in [0.25, 0.3) is 21.6 Å². The largest absolute Gasteiger partial charge is 0.459 e. The van der Waals surface area contributed by atoms with E-state index in [2.05, 4.69) is 30.3 Å². The molecule has 0 unspecified atom stereocenters. The van der Waals surface area contributed by atoms with E-state index in [1.807, 2.05) is 13.8 Å². The third-order valence-electron chi connectivity index (χ3n) is 5.21. The van der Waals surface area contributed by atoms with Gasteiger partial charge in [0, 0.05) is 17.9 Å². The van der Waals surface area contributed by atoms with E-state index in [1.54, 1.807) is 34.9 Å². The predicted molar refractivity (Wildman–Crippen MR) is 120 cm³/mol. The van der Waals surface area contributed by atoms with Crippen molar-refractivity contribution in [2.75, 3.05) is 18.5 Å². The van der Waals surface area contributed by atoms with Crippen LogP contribution in [0.3, 0.4) is 0 Å². The Bertz CT molecular complexity index is 1230. The molecule has 2 N–H and O–H groups in total. The summed E-state index contributed by atoms with van der Waals surface area (Å²) in [6.45, 7) is 4.63. The summed E-state index contributed by atoms with van der Waals surface area (Å²) < 4.78 is 13.1. The lowest BCUT2D eigenvalue weighted by Crippen LogP contribution is -2.26. The van der Waals surface area contributed by atoms with Crippen LogP contribution < -0.4 is 10.9 Å². The molecule has 172 valence electrons. The first kappa shape index (κ1) is 22.3. The molecule has 1 aliphatic heterocycles. The monoisotopic (exact) mass is 452 g/mol.